The molecule has 1 fully saturated rings. The van der Waals surface area contributed by atoms with E-state index in [0.29, 0.717) is 13.2 Å². The monoisotopic (exact) mass is 361 g/mol. The van der Waals surface area contributed by atoms with E-state index >= 15 is 0 Å². The molecule has 0 N–H and O–H groups in total. The maximum absolute atomic E-state index is 5.66. The van der Waals surface area contributed by atoms with Crippen LogP contribution in [0.15, 0.2) is 24.3 Å². The summed E-state index contributed by atoms with van der Waals surface area (Å²) in [7, 11) is 0. The second-order valence-electron chi connectivity index (χ2n) is 4.44. The summed E-state index contributed by atoms with van der Waals surface area (Å²) in [4.78, 5) is 2.46. The number of para-hydroxylation sites is 1. The number of hydrogen-bond donors (Lipinski definition) is 0. The number of hydrogen-bond acceptors (Lipinski definition) is 3. The van der Waals surface area contributed by atoms with Crippen molar-refractivity contribution in [3.63, 3.8) is 0 Å². The molecule has 0 spiro atoms. The van der Waals surface area contributed by atoms with Crippen molar-refractivity contribution in [2.24, 2.45) is 0 Å². The molecule has 0 aromatic heterocycles. The molecule has 1 aliphatic rings. The van der Waals surface area contributed by atoms with Crippen molar-refractivity contribution in [2.75, 3.05) is 39.5 Å². The van der Waals surface area contributed by atoms with E-state index in [-0.39, 0.29) is 0 Å². The fourth-order valence-electron chi connectivity index (χ4n) is 2.07. The van der Waals surface area contributed by atoms with E-state index in [9.17, 15) is 0 Å². The molecule has 0 atom stereocenters. The van der Waals surface area contributed by atoms with Crippen molar-refractivity contribution in [1.29, 1.82) is 0 Å². The summed E-state index contributed by atoms with van der Waals surface area (Å²) in [5.74, 6) is 0.946. The number of likely N-dealkylation sites (tertiary alicyclic amines) is 1. The van der Waals surface area contributed by atoms with Crippen molar-refractivity contribution >= 4 is 22.6 Å². The number of benzene rings is 1. The van der Waals surface area contributed by atoms with Gasteiger partial charge in [0, 0.05) is 6.54 Å². The zero-order chi connectivity index (χ0) is 12.6. The van der Waals surface area contributed by atoms with Crippen LogP contribution in [0.25, 0.3) is 0 Å². The summed E-state index contributed by atoms with van der Waals surface area (Å²) >= 11 is 2.28. The summed E-state index contributed by atoms with van der Waals surface area (Å²) in [6, 6.07) is 8.04. The Balaban J connectivity index is 1.52. The molecule has 0 unspecified atom stereocenters. The first-order chi connectivity index (χ1) is 8.86. The number of halogens is 1. The predicted octanol–water partition coefficient (Wildman–Crippen LogP) is 2.78. The molecular formula is C14H20INO2. The molecule has 1 heterocycles. The van der Waals surface area contributed by atoms with Crippen LogP contribution in [0, 0.1) is 3.57 Å². The van der Waals surface area contributed by atoms with Crippen LogP contribution in [0.4, 0.5) is 0 Å². The molecule has 1 aliphatic heterocycles. The van der Waals surface area contributed by atoms with Crippen LogP contribution in [0.2, 0.25) is 0 Å². The minimum Gasteiger partial charge on any atom is -0.490 e. The van der Waals surface area contributed by atoms with Gasteiger partial charge in [0.05, 0.1) is 16.8 Å². The second kappa shape index (κ2) is 7.96. The number of ether oxygens (including phenoxy) is 2. The van der Waals surface area contributed by atoms with Gasteiger partial charge in [-0.25, -0.2) is 0 Å². The Kier molecular flexibility index (Phi) is 6.23. The maximum atomic E-state index is 5.66. The molecule has 0 radical (unpaired) electrons. The van der Waals surface area contributed by atoms with Gasteiger partial charge in [0.2, 0.25) is 0 Å². The summed E-state index contributed by atoms with van der Waals surface area (Å²) in [6.45, 7) is 5.64. The van der Waals surface area contributed by atoms with Crippen LogP contribution < -0.4 is 4.74 Å². The van der Waals surface area contributed by atoms with Gasteiger partial charge in [-0.15, -0.1) is 0 Å². The number of nitrogens with zero attached hydrogens (tertiary/aromatic N) is 1. The highest BCUT2D eigenvalue weighted by Crippen LogP contribution is 2.19. The molecule has 0 amide bonds. The van der Waals surface area contributed by atoms with Gasteiger partial charge in [-0.2, -0.15) is 0 Å². The van der Waals surface area contributed by atoms with E-state index in [2.05, 4.69) is 27.5 Å². The molecule has 1 aromatic carbocycles. The van der Waals surface area contributed by atoms with Crippen LogP contribution in [-0.2, 0) is 4.74 Å². The standard InChI is InChI=1S/C14H20INO2/c15-13-5-1-2-6-14(13)18-12-11-17-10-9-16-7-3-4-8-16/h1-2,5-6H,3-4,7-12H2. The quantitative estimate of drug-likeness (QED) is 0.551. The van der Waals surface area contributed by atoms with Crippen LogP contribution in [-0.4, -0.2) is 44.4 Å². The van der Waals surface area contributed by atoms with E-state index in [1.807, 2.05) is 24.3 Å². The lowest BCUT2D eigenvalue weighted by atomic mass is 10.3. The minimum atomic E-state index is 0.625. The maximum Gasteiger partial charge on any atom is 0.132 e. The SMILES string of the molecule is Ic1ccccc1OCCOCCN1CCCC1. The summed E-state index contributed by atoms with van der Waals surface area (Å²) in [6.07, 6.45) is 2.69. The Labute approximate surface area is 123 Å². The van der Waals surface area contributed by atoms with Crippen molar-refractivity contribution in [3.05, 3.63) is 27.8 Å². The highest BCUT2D eigenvalue weighted by Gasteiger charge is 2.10. The zero-order valence-electron chi connectivity index (χ0n) is 10.6. The van der Waals surface area contributed by atoms with Gasteiger partial charge in [0.25, 0.3) is 0 Å². The molecule has 2 rings (SSSR count). The summed E-state index contributed by atoms with van der Waals surface area (Å²) in [5, 5.41) is 0. The number of rotatable bonds is 7. The van der Waals surface area contributed by atoms with E-state index in [1.165, 1.54) is 25.9 Å². The molecule has 4 heteroatoms. The van der Waals surface area contributed by atoms with Gasteiger partial charge < -0.3 is 14.4 Å². The Hall–Kier alpha value is -0.330. The fraction of sp³-hybridized carbons (Fsp3) is 0.571. The third-order valence-corrected chi connectivity index (χ3v) is 3.96. The lowest BCUT2D eigenvalue weighted by molar-refractivity contribution is 0.0843. The van der Waals surface area contributed by atoms with Crippen molar-refractivity contribution in [1.82, 2.24) is 4.90 Å². The lowest BCUT2D eigenvalue weighted by Crippen LogP contribution is -2.24. The van der Waals surface area contributed by atoms with Gasteiger partial charge in [-0.1, -0.05) is 12.1 Å². The summed E-state index contributed by atoms with van der Waals surface area (Å²) in [5.41, 5.74) is 0. The first-order valence-electron chi connectivity index (χ1n) is 6.54. The van der Waals surface area contributed by atoms with Crippen LogP contribution in [0.1, 0.15) is 12.8 Å². The predicted molar refractivity (Wildman–Crippen MR) is 81.1 cm³/mol. The zero-order valence-corrected chi connectivity index (χ0v) is 12.8. The van der Waals surface area contributed by atoms with Gasteiger partial charge in [-0.05, 0) is 60.7 Å². The van der Waals surface area contributed by atoms with Crippen molar-refractivity contribution in [2.45, 2.75) is 12.8 Å². The Bertz CT molecular complexity index is 353. The van der Waals surface area contributed by atoms with Crippen LogP contribution >= 0.6 is 22.6 Å². The first kappa shape index (κ1) is 14.1. The van der Waals surface area contributed by atoms with Gasteiger partial charge in [0.1, 0.15) is 12.4 Å². The van der Waals surface area contributed by atoms with E-state index in [0.717, 1.165) is 22.5 Å². The molecule has 3 nitrogen and oxygen atoms in total. The molecule has 0 bridgehead atoms. The largest absolute Gasteiger partial charge is 0.490 e. The lowest BCUT2D eigenvalue weighted by Gasteiger charge is -2.14. The van der Waals surface area contributed by atoms with E-state index in [1.54, 1.807) is 0 Å². The molecule has 100 valence electrons. The average Bonchev–Trinajstić information content (AvgIpc) is 2.89. The second-order valence-corrected chi connectivity index (χ2v) is 5.60. The van der Waals surface area contributed by atoms with Crippen LogP contribution in [0.3, 0.4) is 0 Å². The molecule has 0 aliphatic carbocycles. The normalized spacial score (nSPS) is 16.1. The third kappa shape index (κ3) is 4.74. The Morgan fingerprint density at radius 3 is 2.61 bits per heavy atom. The Morgan fingerprint density at radius 1 is 1.06 bits per heavy atom. The highest BCUT2D eigenvalue weighted by atomic mass is 127. The third-order valence-electron chi connectivity index (χ3n) is 3.07. The van der Waals surface area contributed by atoms with E-state index < -0.39 is 0 Å². The van der Waals surface area contributed by atoms with Crippen molar-refractivity contribution in [3.8, 4) is 5.75 Å². The Morgan fingerprint density at radius 2 is 1.83 bits per heavy atom. The molecule has 1 aromatic rings. The van der Waals surface area contributed by atoms with E-state index in [4.69, 9.17) is 9.47 Å². The first-order valence-corrected chi connectivity index (χ1v) is 7.61. The highest BCUT2D eigenvalue weighted by molar-refractivity contribution is 14.1. The van der Waals surface area contributed by atoms with Crippen LogP contribution in [0.5, 0.6) is 5.75 Å². The van der Waals surface area contributed by atoms with Gasteiger partial charge in [-0.3, -0.25) is 0 Å². The average molecular weight is 361 g/mol. The van der Waals surface area contributed by atoms with Gasteiger partial charge >= 0.3 is 0 Å². The minimum absolute atomic E-state index is 0.625. The molecular weight excluding hydrogens is 341 g/mol. The molecule has 0 saturated carbocycles. The smallest absolute Gasteiger partial charge is 0.132 e. The molecule has 18 heavy (non-hydrogen) atoms. The van der Waals surface area contributed by atoms with Gasteiger partial charge in [0.15, 0.2) is 0 Å². The summed E-state index contributed by atoms with van der Waals surface area (Å²) < 4.78 is 12.4. The topological polar surface area (TPSA) is 21.7 Å². The fourth-order valence-corrected chi connectivity index (χ4v) is 2.62. The van der Waals surface area contributed by atoms with Crippen molar-refractivity contribution < 1.29 is 9.47 Å². The molecule has 1 saturated heterocycles.